The summed E-state index contributed by atoms with van der Waals surface area (Å²) < 4.78 is 0. The number of aliphatic hydroxyl groups excluding tert-OH is 3. The number of nitrogens with two attached hydrogens (primary N) is 2. The molecular formula is C22H22N2O6. The molecule has 3 atom stereocenters. The number of aromatic hydroxyl groups is 1. The molecule has 0 bridgehead atoms. The second kappa shape index (κ2) is 6.12. The lowest BCUT2D eigenvalue weighted by molar-refractivity contribution is -0.123. The summed E-state index contributed by atoms with van der Waals surface area (Å²) in [5.41, 5.74) is 13.0. The Morgan fingerprint density at radius 2 is 1.67 bits per heavy atom. The number of phenols is 1. The minimum atomic E-state index is -1.14. The Labute approximate surface area is 171 Å². The Bertz CT molecular complexity index is 1120. The molecule has 1 aromatic carbocycles. The van der Waals surface area contributed by atoms with Crippen LogP contribution in [0.5, 0.6) is 5.75 Å². The maximum absolute atomic E-state index is 12.5. The highest BCUT2D eigenvalue weighted by atomic mass is 16.3. The lowest BCUT2D eigenvalue weighted by Crippen LogP contribution is -2.49. The Hall–Kier alpha value is -3.26. The van der Waals surface area contributed by atoms with Gasteiger partial charge in [0.15, 0.2) is 5.78 Å². The number of hydrogen-bond donors (Lipinski definition) is 6. The number of amides is 1. The van der Waals surface area contributed by atoms with Crippen molar-refractivity contribution in [3.8, 4) is 5.75 Å². The minimum absolute atomic E-state index is 0.0602. The fourth-order valence-electron chi connectivity index (χ4n) is 5.29. The van der Waals surface area contributed by atoms with E-state index in [0.717, 1.165) is 24.0 Å². The van der Waals surface area contributed by atoms with Gasteiger partial charge in [-0.1, -0.05) is 6.07 Å². The molecule has 4 aliphatic carbocycles. The number of Topliss-reactive ketones (excluding diaryl/α,β-unsaturated/α-hetero) is 1. The summed E-state index contributed by atoms with van der Waals surface area (Å²) in [5.74, 6) is -4.04. The summed E-state index contributed by atoms with van der Waals surface area (Å²) in [6.45, 7) is 0. The molecule has 8 N–H and O–H groups in total. The average Bonchev–Trinajstić information content (AvgIpc) is 3.50. The highest BCUT2D eigenvalue weighted by Gasteiger charge is 2.49. The van der Waals surface area contributed by atoms with E-state index < -0.39 is 40.7 Å². The number of aliphatic hydroxyl groups is 3. The van der Waals surface area contributed by atoms with E-state index in [2.05, 4.69) is 0 Å². The summed E-state index contributed by atoms with van der Waals surface area (Å²) in [7, 11) is 0. The molecule has 4 aliphatic rings. The van der Waals surface area contributed by atoms with Crippen molar-refractivity contribution in [2.75, 3.05) is 0 Å². The van der Waals surface area contributed by atoms with Crippen molar-refractivity contribution in [1.82, 2.24) is 0 Å². The van der Waals surface area contributed by atoms with E-state index in [-0.39, 0.29) is 34.1 Å². The lowest BCUT2D eigenvalue weighted by Gasteiger charge is -2.41. The van der Waals surface area contributed by atoms with Crippen molar-refractivity contribution in [2.45, 2.75) is 37.6 Å². The van der Waals surface area contributed by atoms with Crippen LogP contribution >= 0.6 is 0 Å². The van der Waals surface area contributed by atoms with E-state index in [4.69, 9.17) is 11.5 Å². The molecule has 1 aromatic rings. The van der Waals surface area contributed by atoms with E-state index in [9.17, 15) is 30.0 Å². The molecule has 8 nitrogen and oxygen atoms in total. The smallest absolute Gasteiger partial charge is 0.256 e. The highest BCUT2D eigenvalue weighted by Crippen LogP contribution is 2.53. The number of allylic oxidation sites excluding steroid dienone is 2. The Kier molecular flexibility index (Phi) is 3.82. The van der Waals surface area contributed by atoms with Crippen LogP contribution in [0.2, 0.25) is 0 Å². The van der Waals surface area contributed by atoms with E-state index in [0.29, 0.717) is 18.8 Å². The Morgan fingerprint density at radius 3 is 2.30 bits per heavy atom. The molecule has 0 aromatic heterocycles. The number of phenolic OH excluding ortho intramolecular Hbond substituents is 1. The first-order chi connectivity index (χ1) is 14.2. The number of ketones is 1. The summed E-state index contributed by atoms with van der Waals surface area (Å²) in [4.78, 5) is 24.2. The number of carbonyl (C=O) groups excluding carboxylic acids is 2. The van der Waals surface area contributed by atoms with Crippen molar-refractivity contribution in [1.29, 1.82) is 0 Å². The summed E-state index contributed by atoms with van der Waals surface area (Å²) in [6.07, 6.45) is 2.84. The molecule has 0 heterocycles. The molecule has 156 valence electrons. The molecule has 1 amide bonds. The second-order valence-corrected chi connectivity index (χ2v) is 8.55. The molecule has 5 rings (SSSR count). The zero-order chi connectivity index (χ0) is 21.5. The van der Waals surface area contributed by atoms with Gasteiger partial charge >= 0.3 is 0 Å². The van der Waals surface area contributed by atoms with Crippen LogP contribution in [0.25, 0.3) is 5.76 Å². The van der Waals surface area contributed by atoms with Crippen molar-refractivity contribution in [3.63, 3.8) is 0 Å². The molecule has 0 radical (unpaired) electrons. The minimum Gasteiger partial charge on any atom is -0.507 e. The second-order valence-electron chi connectivity index (χ2n) is 8.55. The van der Waals surface area contributed by atoms with Gasteiger partial charge < -0.3 is 31.9 Å². The lowest BCUT2D eigenvalue weighted by atomic mass is 9.64. The van der Waals surface area contributed by atoms with E-state index in [1.165, 1.54) is 6.07 Å². The normalized spacial score (nSPS) is 28.3. The molecule has 0 unspecified atom stereocenters. The van der Waals surface area contributed by atoms with Crippen LogP contribution in [0.1, 0.15) is 41.9 Å². The molecule has 1 fully saturated rings. The van der Waals surface area contributed by atoms with Gasteiger partial charge in [0.05, 0.1) is 11.6 Å². The first kappa shape index (κ1) is 18.7. The Balaban J connectivity index is 1.76. The largest absolute Gasteiger partial charge is 0.507 e. The van der Waals surface area contributed by atoms with Crippen molar-refractivity contribution < 1.29 is 30.0 Å². The number of primary amides is 1. The summed E-state index contributed by atoms with van der Waals surface area (Å²) in [5, 5.41) is 43.1. The van der Waals surface area contributed by atoms with Gasteiger partial charge in [-0.2, -0.15) is 0 Å². The van der Waals surface area contributed by atoms with Crippen molar-refractivity contribution in [2.24, 2.45) is 23.3 Å². The topological polar surface area (TPSA) is 167 Å². The van der Waals surface area contributed by atoms with Crippen LogP contribution in [0.4, 0.5) is 0 Å². The SMILES string of the molecule is NC(=O)C1=C(O)C2=C(O)C3=C(O)c4c(O)ccc(C5CC5)c4C[C@H]3C[C@H]2[C@@H](N)C1=O. The number of rotatable bonds is 2. The zero-order valence-electron chi connectivity index (χ0n) is 16.1. The predicted molar refractivity (Wildman–Crippen MR) is 106 cm³/mol. The fourth-order valence-corrected chi connectivity index (χ4v) is 5.29. The van der Waals surface area contributed by atoms with E-state index in [1.807, 2.05) is 6.07 Å². The van der Waals surface area contributed by atoms with Crippen LogP contribution in [0.15, 0.2) is 40.4 Å². The highest BCUT2D eigenvalue weighted by molar-refractivity contribution is 6.22. The Morgan fingerprint density at radius 1 is 0.967 bits per heavy atom. The molecule has 0 spiro atoms. The van der Waals surface area contributed by atoms with Crippen LogP contribution in [0, 0.1) is 11.8 Å². The molecule has 1 saturated carbocycles. The predicted octanol–water partition coefficient (Wildman–Crippen LogP) is 1.75. The monoisotopic (exact) mass is 410 g/mol. The third-order valence-electron chi connectivity index (χ3n) is 6.84. The molecule has 8 heteroatoms. The van der Waals surface area contributed by atoms with Crippen LogP contribution < -0.4 is 11.5 Å². The first-order valence-corrected chi connectivity index (χ1v) is 9.97. The fraction of sp³-hybridized carbons (Fsp3) is 0.364. The van der Waals surface area contributed by atoms with Gasteiger partial charge in [0.25, 0.3) is 5.91 Å². The zero-order valence-corrected chi connectivity index (χ0v) is 16.1. The molecule has 0 aliphatic heterocycles. The van der Waals surface area contributed by atoms with Crippen LogP contribution in [0.3, 0.4) is 0 Å². The van der Waals surface area contributed by atoms with Gasteiger partial charge in [-0.25, -0.2) is 0 Å². The van der Waals surface area contributed by atoms with Gasteiger partial charge in [0, 0.05) is 17.1 Å². The third kappa shape index (κ3) is 2.37. The average molecular weight is 410 g/mol. The van der Waals surface area contributed by atoms with Gasteiger partial charge in [-0.3, -0.25) is 9.59 Å². The number of carbonyl (C=O) groups is 2. The van der Waals surface area contributed by atoms with Gasteiger partial charge in [0.2, 0.25) is 0 Å². The van der Waals surface area contributed by atoms with E-state index >= 15 is 0 Å². The standard InChI is InChI=1S/C22H22N2O6/c23-17-11-6-8-5-10-9(7-1-2-7)3-4-12(25)14(10)18(26)13(8)19(27)15(11)20(28)16(21(17)29)22(24)30/h3-4,7-8,11,17,25-28H,1-2,5-6,23H2,(H2,24,30)/t8-,11+,17+/m0/s1. The first-order valence-electron chi connectivity index (χ1n) is 9.97. The molecule has 0 saturated heterocycles. The third-order valence-corrected chi connectivity index (χ3v) is 6.84. The summed E-state index contributed by atoms with van der Waals surface area (Å²) >= 11 is 0. The maximum atomic E-state index is 12.5. The van der Waals surface area contributed by atoms with Crippen LogP contribution in [-0.2, 0) is 16.0 Å². The maximum Gasteiger partial charge on any atom is 0.256 e. The summed E-state index contributed by atoms with van der Waals surface area (Å²) in [6, 6.07) is 2.27. The van der Waals surface area contributed by atoms with Crippen LogP contribution in [-0.4, -0.2) is 38.2 Å². The number of hydrogen-bond acceptors (Lipinski definition) is 7. The number of benzene rings is 1. The van der Waals surface area contributed by atoms with Gasteiger partial charge in [-0.15, -0.1) is 0 Å². The molecular weight excluding hydrogens is 388 g/mol. The van der Waals surface area contributed by atoms with Gasteiger partial charge in [0.1, 0.15) is 28.6 Å². The quantitative estimate of drug-likeness (QED) is 0.404. The van der Waals surface area contributed by atoms with Crippen molar-refractivity contribution >= 4 is 17.4 Å². The van der Waals surface area contributed by atoms with Gasteiger partial charge in [-0.05, 0) is 54.7 Å². The number of fused-ring (bicyclic) bond motifs is 3. The van der Waals surface area contributed by atoms with Crippen molar-refractivity contribution in [3.05, 3.63) is 57.1 Å². The van der Waals surface area contributed by atoms with E-state index in [1.54, 1.807) is 0 Å². The molecule has 30 heavy (non-hydrogen) atoms.